The number of aryl methyl sites for hydroxylation is 1. The molecular formula is C18H28N2O. The molecule has 2 N–H and O–H groups in total. The van der Waals surface area contributed by atoms with Crippen LogP contribution in [0.2, 0.25) is 0 Å². The van der Waals surface area contributed by atoms with Gasteiger partial charge in [0.15, 0.2) is 0 Å². The van der Waals surface area contributed by atoms with Gasteiger partial charge in [0.1, 0.15) is 0 Å². The molecule has 116 valence electrons. The van der Waals surface area contributed by atoms with E-state index in [0.717, 1.165) is 18.0 Å². The first-order valence-electron chi connectivity index (χ1n) is 8.23. The first-order chi connectivity index (χ1) is 10.1. The fourth-order valence-corrected chi connectivity index (χ4v) is 2.95. The van der Waals surface area contributed by atoms with Gasteiger partial charge in [-0.1, -0.05) is 37.5 Å². The lowest BCUT2D eigenvalue weighted by molar-refractivity contribution is 0.0953. The molecule has 1 amide bonds. The summed E-state index contributed by atoms with van der Waals surface area (Å²) >= 11 is 0. The van der Waals surface area contributed by atoms with Gasteiger partial charge in [-0.15, -0.1) is 0 Å². The van der Waals surface area contributed by atoms with E-state index in [0.29, 0.717) is 12.6 Å². The monoisotopic (exact) mass is 288 g/mol. The summed E-state index contributed by atoms with van der Waals surface area (Å²) in [4.78, 5) is 12.0. The van der Waals surface area contributed by atoms with Gasteiger partial charge < -0.3 is 10.6 Å². The van der Waals surface area contributed by atoms with Crippen LogP contribution in [-0.2, 0) is 0 Å². The number of carbonyl (C=O) groups is 1. The smallest absolute Gasteiger partial charge is 0.251 e. The van der Waals surface area contributed by atoms with Gasteiger partial charge >= 0.3 is 0 Å². The minimum atomic E-state index is 0.0197. The van der Waals surface area contributed by atoms with E-state index in [9.17, 15) is 4.79 Å². The Morgan fingerprint density at radius 2 is 1.86 bits per heavy atom. The number of amides is 1. The lowest BCUT2D eigenvalue weighted by Crippen LogP contribution is -2.36. The zero-order valence-corrected chi connectivity index (χ0v) is 13.3. The first kappa shape index (κ1) is 16.0. The van der Waals surface area contributed by atoms with Crippen LogP contribution < -0.4 is 10.6 Å². The zero-order chi connectivity index (χ0) is 15.1. The van der Waals surface area contributed by atoms with E-state index >= 15 is 0 Å². The highest BCUT2D eigenvalue weighted by atomic mass is 16.1. The van der Waals surface area contributed by atoms with E-state index in [1.165, 1.54) is 37.7 Å². The summed E-state index contributed by atoms with van der Waals surface area (Å²) in [7, 11) is 0. The van der Waals surface area contributed by atoms with Crippen LogP contribution in [-0.4, -0.2) is 25.0 Å². The fourth-order valence-electron chi connectivity index (χ4n) is 2.95. The molecule has 0 bridgehead atoms. The molecule has 0 spiro atoms. The fraction of sp³-hybridized carbons (Fsp3) is 0.611. The van der Waals surface area contributed by atoms with Crippen LogP contribution in [0, 0.1) is 12.8 Å². The number of nitrogens with one attached hydrogen (secondary N) is 2. The van der Waals surface area contributed by atoms with E-state index in [-0.39, 0.29) is 5.91 Å². The number of rotatable bonds is 5. The van der Waals surface area contributed by atoms with Crippen molar-refractivity contribution in [3.05, 3.63) is 35.4 Å². The molecule has 2 rings (SSSR count). The summed E-state index contributed by atoms with van der Waals surface area (Å²) in [5, 5.41) is 6.56. The van der Waals surface area contributed by atoms with Gasteiger partial charge in [-0.2, -0.15) is 0 Å². The highest BCUT2D eigenvalue weighted by Gasteiger charge is 2.15. The topological polar surface area (TPSA) is 41.1 Å². The molecule has 2 unspecified atom stereocenters. The molecule has 0 aromatic heterocycles. The second-order valence-corrected chi connectivity index (χ2v) is 6.39. The Morgan fingerprint density at radius 1 is 1.10 bits per heavy atom. The predicted octanol–water partition coefficient (Wildman–Crippen LogP) is 3.28. The third-order valence-electron chi connectivity index (χ3n) is 4.41. The Balaban J connectivity index is 1.65. The molecular weight excluding hydrogens is 260 g/mol. The van der Waals surface area contributed by atoms with E-state index in [1.807, 2.05) is 31.2 Å². The Bertz CT molecular complexity index is 441. The zero-order valence-electron chi connectivity index (χ0n) is 13.3. The van der Waals surface area contributed by atoms with E-state index in [4.69, 9.17) is 0 Å². The summed E-state index contributed by atoms with van der Waals surface area (Å²) in [6.07, 6.45) is 6.56. The van der Waals surface area contributed by atoms with Crippen molar-refractivity contribution in [2.24, 2.45) is 5.92 Å². The standard InChI is InChI=1S/C18H28N2O/c1-14-4-3-5-17(11-8-14)19-12-13-20-18(21)16-9-6-15(2)7-10-16/h6-7,9-10,14,17,19H,3-5,8,11-13H2,1-2H3,(H,20,21). The predicted molar refractivity (Wildman–Crippen MR) is 87.6 cm³/mol. The van der Waals surface area contributed by atoms with Gasteiger partial charge in [-0.05, 0) is 44.2 Å². The Morgan fingerprint density at radius 3 is 2.62 bits per heavy atom. The number of hydrogen-bond acceptors (Lipinski definition) is 2. The minimum absolute atomic E-state index is 0.0197. The molecule has 3 nitrogen and oxygen atoms in total. The van der Waals surface area contributed by atoms with Crippen LogP contribution >= 0.6 is 0 Å². The normalized spacial score (nSPS) is 22.6. The largest absolute Gasteiger partial charge is 0.351 e. The third kappa shape index (κ3) is 5.50. The first-order valence-corrected chi connectivity index (χ1v) is 8.23. The molecule has 1 fully saturated rings. The number of hydrogen-bond donors (Lipinski definition) is 2. The van der Waals surface area contributed by atoms with Crippen LogP contribution in [0.5, 0.6) is 0 Å². The molecule has 1 aliphatic rings. The highest BCUT2D eigenvalue weighted by molar-refractivity contribution is 5.94. The van der Waals surface area contributed by atoms with Gasteiger partial charge in [0.05, 0.1) is 0 Å². The molecule has 21 heavy (non-hydrogen) atoms. The molecule has 1 aromatic rings. The van der Waals surface area contributed by atoms with Crippen molar-refractivity contribution < 1.29 is 4.79 Å². The summed E-state index contributed by atoms with van der Waals surface area (Å²) in [6, 6.07) is 8.33. The van der Waals surface area contributed by atoms with Gasteiger partial charge in [-0.25, -0.2) is 0 Å². The maximum Gasteiger partial charge on any atom is 0.251 e. The summed E-state index contributed by atoms with van der Waals surface area (Å²) in [5.41, 5.74) is 1.92. The molecule has 1 aliphatic carbocycles. The highest BCUT2D eigenvalue weighted by Crippen LogP contribution is 2.22. The van der Waals surface area contributed by atoms with Crippen molar-refractivity contribution >= 4 is 5.91 Å². The number of benzene rings is 1. The SMILES string of the molecule is Cc1ccc(C(=O)NCCNC2CCCC(C)CC2)cc1. The molecule has 1 saturated carbocycles. The maximum absolute atomic E-state index is 12.0. The summed E-state index contributed by atoms with van der Waals surface area (Å²) in [6.45, 7) is 5.93. The van der Waals surface area contributed by atoms with Gasteiger partial charge in [-0.3, -0.25) is 4.79 Å². The van der Waals surface area contributed by atoms with Gasteiger partial charge in [0, 0.05) is 24.7 Å². The van der Waals surface area contributed by atoms with Crippen LogP contribution in [0.15, 0.2) is 24.3 Å². The van der Waals surface area contributed by atoms with Crippen molar-refractivity contribution in [2.45, 2.75) is 52.0 Å². The lowest BCUT2D eigenvalue weighted by atomic mass is 10.0. The summed E-state index contributed by atoms with van der Waals surface area (Å²) in [5.74, 6) is 0.893. The Labute approximate surface area is 128 Å². The minimum Gasteiger partial charge on any atom is -0.351 e. The van der Waals surface area contributed by atoms with Gasteiger partial charge in [0.25, 0.3) is 5.91 Å². The lowest BCUT2D eigenvalue weighted by Gasteiger charge is -2.16. The van der Waals surface area contributed by atoms with Crippen LogP contribution in [0.1, 0.15) is 54.9 Å². The average Bonchev–Trinajstić information content (AvgIpc) is 2.69. The Hall–Kier alpha value is -1.35. The van der Waals surface area contributed by atoms with Crippen LogP contribution in [0.3, 0.4) is 0 Å². The third-order valence-corrected chi connectivity index (χ3v) is 4.41. The molecule has 3 heteroatoms. The molecule has 0 saturated heterocycles. The van der Waals surface area contributed by atoms with Crippen LogP contribution in [0.4, 0.5) is 0 Å². The Kier molecular flexibility index (Phi) is 6.24. The van der Waals surface area contributed by atoms with Crippen molar-refractivity contribution in [3.63, 3.8) is 0 Å². The molecule has 0 radical (unpaired) electrons. The molecule has 0 heterocycles. The average molecular weight is 288 g/mol. The second kappa shape index (κ2) is 8.18. The van der Waals surface area contributed by atoms with Crippen molar-refractivity contribution in [1.82, 2.24) is 10.6 Å². The summed E-state index contributed by atoms with van der Waals surface area (Å²) < 4.78 is 0. The molecule has 2 atom stereocenters. The van der Waals surface area contributed by atoms with Crippen molar-refractivity contribution in [1.29, 1.82) is 0 Å². The second-order valence-electron chi connectivity index (χ2n) is 6.39. The molecule has 1 aromatic carbocycles. The molecule has 0 aliphatic heterocycles. The quantitative estimate of drug-likeness (QED) is 0.645. The van der Waals surface area contributed by atoms with E-state index < -0.39 is 0 Å². The maximum atomic E-state index is 12.0. The number of carbonyl (C=O) groups excluding carboxylic acids is 1. The van der Waals surface area contributed by atoms with E-state index in [2.05, 4.69) is 17.6 Å². The van der Waals surface area contributed by atoms with Crippen molar-refractivity contribution in [2.75, 3.05) is 13.1 Å². The van der Waals surface area contributed by atoms with Crippen molar-refractivity contribution in [3.8, 4) is 0 Å². The van der Waals surface area contributed by atoms with Gasteiger partial charge in [0.2, 0.25) is 0 Å². The van der Waals surface area contributed by atoms with Crippen LogP contribution in [0.25, 0.3) is 0 Å². The van der Waals surface area contributed by atoms with E-state index in [1.54, 1.807) is 0 Å².